The predicted molar refractivity (Wildman–Crippen MR) is 139 cm³/mol. The van der Waals surface area contributed by atoms with Crippen LogP contribution in [0.25, 0.3) is 0 Å². The Labute approximate surface area is 217 Å². The zero-order valence-corrected chi connectivity index (χ0v) is 22.2. The van der Waals surface area contributed by atoms with Gasteiger partial charge in [-0.1, -0.05) is 46.3 Å². The number of amides is 2. The Hall–Kier alpha value is -2.53. The molecule has 1 atom stereocenters. The molecule has 2 heterocycles. The molecular weight excluding hydrogens is 550 g/mol. The quantitative estimate of drug-likeness (QED) is 0.418. The summed E-state index contributed by atoms with van der Waals surface area (Å²) in [5.74, 6) is -0.495. The number of nitrogens with zero attached hydrogens (tertiary/aromatic N) is 1. The zero-order valence-electron chi connectivity index (χ0n) is 18.9. The minimum Gasteiger partial charge on any atom is -0.355 e. The van der Waals surface area contributed by atoms with Gasteiger partial charge in [-0.05, 0) is 61.2 Å². The van der Waals surface area contributed by atoms with Crippen LogP contribution in [0.15, 0.2) is 75.4 Å². The van der Waals surface area contributed by atoms with Crippen LogP contribution in [0.3, 0.4) is 0 Å². The van der Waals surface area contributed by atoms with Gasteiger partial charge in [0.2, 0.25) is 5.91 Å². The predicted octanol–water partition coefficient (Wildman–Crippen LogP) is 4.30. The van der Waals surface area contributed by atoms with Crippen LogP contribution in [0.5, 0.6) is 0 Å². The van der Waals surface area contributed by atoms with E-state index in [1.54, 1.807) is 36.4 Å². The molecular formula is C25H26BrN3O4S2. The summed E-state index contributed by atoms with van der Waals surface area (Å²) in [5, 5.41) is 5.68. The number of benzene rings is 2. The van der Waals surface area contributed by atoms with Gasteiger partial charge in [0, 0.05) is 28.0 Å². The Morgan fingerprint density at radius 2 is 1.80 bits per heavy atom. The first kappa shape index (κ1) is 25.6. The second-order valence-electron chi connectivity index (χ2n) is 8.25. The summed E-state index contributed by atoms with van der Waals surface area (Å²) in [4.78, 5) is 25.9. The molecule has 35 heavy (non-hydrogen) atoms. The highest BCUT2D eigenvalue weighted by atomic mass is 79.9. The third-order valence-electron chi connectivity index (χ3n) is 5.76. The average Bonchev–Trinajstić information content (AvgIpc) is 3.25. The molecule has 1 aliphatic rings. The van der Waals surface area contributed by atoms with Gasteiger partial charge in [0.05, 0.1) is 6.54 Å². The van der Waals surface area contributed by atoms with E-state index in [4.69, 9.17) is 0 Å². The second-order valence-corrected chi connectivity index (χ2v) is 12.5. The topological polar surface area (TPSA) is 95.6 Å². The van der Waals surface area contributed by atoms with Crippen LogP contribution in [0.2, 0.25) is 0 Å². The number of nitrogens with one attached hydrogen (secondary N) is 2. The minimum atomic E-state index is -3.96. The van der Waals surface area contributed by atoms with Crippen LogP contribution in [0.4, 0.5) is 0 Å². The summed E-state index contributed by atoms with van der Waals surface area (Å²) in [6.45, 7) is 0.849. The number of halogens is 1. The first-order chi connectivity index (χ1) is 16.8. The highest BCUT2D eigenvalue weighted by Gasteiger charge is 2.37. The Balaban J connectivity index is 1.56. The van der Waals surface area contributed by atoms with Gasteiger partial charge in [-0.15, -0.1) is 11.3 Å². The summed E-state index contributed by atoms with van der Waals surface area (Å²) in [6, 6.07) is 18.7. The molecule has 1 aliphatic heterocycles. The van der Waals surface area contributed by atoms with Gasteiger partial charge >= 0.3 is 0 Å². The molecule has 1 aromatic heterocycles. The number of carbonyl (C=O) groups excluding carboxylic acids is 2. The van der Waals surface area contributed by atoms with Crippen molar-refractivity contribution >= 4 is 49.1 Å². The first-order valence-electron chi connectivity index (χ1n) is 11.3. The third-order valence-corrected chi connectivity index (χ3v) is 9.70. The van der Waals surface area contributed by atoms with Crippen LogP contribution in [-0.4, -0.2) is 37.1 Å². The smallest absolute Gasteiger partial charge is 0.253 e. The summed E-state index contributed by atoms with van der Waals surface area (Å²) >= 11 is 4.51. The number of sulfonamides is 1. The van der Waals surface area contributed by atoms with E-state index in [1.165, 1.54) is 4.31 Å². The van der Waals surface area contributed by atoms with E-state index in [2.05, 4.69) is 26.6 Å². The molecule has 4 rings (SSSR count). The molecule has 1 unspecified atom stereocenters. The molecule has 2 amide bonds. The van der Waals surface area contributed by atoms with Crippen LogP contribution in [-0.2, 0) is 27.9 Å². The van der Waals surface area contributed by atoms with Crippen LogP contribution >= 0.6 is 27.3 Å². The van der Waals surface area contributed by atoms with Gasteiger partial charge in [0.1, 0.15) is 10.3 Å². The van der Waals surface area contributed by atoms with Crippen molar-refractivity contribution in [3.8, 4) is 0 Å². The van der Waals surface area contributed by atoms with Crippen molar-refractivity contribution in [3.63, 3.8) is 0 Å². The number of carbonyl (C=O) groups is 2. The maximum Gasteiger partial charge on any atom is 0.253 e. The molecule has 1 saturated heterocycles. The molecule has 0 bridgehead atoms. The number of rotatable bonds is 8. The Morgan fingerprint density at radius 3 is 2.54 bits per heavy atom. The van der Waals surface area contributed by atoms with E-state index >= 15 is 0 Å². The number of hydrogen-bond donors (Lipinski definition) is 2. The molecule has 3 aromatic rings. The normalized spacial score (nSPS) is 16.5. The largest absolute Gasteiger partial charge is 0.355 e. The maximum atomic E-state index is 13.8. The van der Waals surface area contributed by atoms with Crippen molar-refractivity contribution in [2.75, 3.05) is 6.54 Å². The van der Waals surface area contributed by atoms with Gasteiger partial charge in [-0.25, -0.2) is 8.42 Å². The Kier molecular flexibility index (Phi) is 8.38. The van der Waals surface area contributed by atoms with Gasteiger partial charge in [0.25, 0.3) is 15.9 Å². The van der Waals surface area contributed by atoms with E-state index in [0.29, 0.717) is 23.4 Å². The molecule has 184 valence electrons. The van der Waals surface area contributed by atoms with Gasteiger partial charge in [-0.2, -0.15) is 4.31 Å². The lowest BCUT2D eigenvalue weighted by Gasteiger charge is -2.28. The number of thiophene rings is 1. The molecule has 2 aromatic carbocycles. The van der Waals surface area contributed by atoms with Crippen molar-refractivity contribution < 1.29 is 18.0 Å². The molecule has 0 spiro atoms. The SMILES string of the molecule is O=C(NCc1ccc(S(=O)(=O)N(Cc2ccc(Br)cc2)C2CCCCNC2=O)s1)c1ccccc1. The fraction of sp³-hybridized carbons (Fsp3) is 0.280. The van der Waals surface area contributed by atoms with E-state index in [0.717, 1.165) is 34.2 Å². The highest BCUT2D eigenvalue weighted by molar-refractivity contribution is 9.10. The summed E-state index contributed by atoms with van der Waals surface area (Å²) in [5.41, 5.74) is 1.33. The standard InChI is InChI=1S/C25H26BrN3O4S2/c26-20-11-9-18(10-12-20)17-29(22-8-4-5-15-27-25(22)31)35(32,33)23-14-13-21(34-23)16-28-24(30)19-6-2-1-3-7-19/h1-3,6-7,9-14,22H,4-5,8,15-17H2,(H,27,31)(H,28,30). The fourth-order valence-electron chi connectivity index (χ4n) is 3.90. The lowest BCUT2D eigenvalue weighted by Crippen LogP contribution is -2.48. The van der Waals surface area contributed by atoms with E-state index in [-0.39, 0.29) is 29.1 Å². The van der Waals surface area contributed by atoms with Crippen LogP contribution in [0, 0.1) is 0 Å². The van der Waals surface area contributed by atoms with Crippen molar-refractivity contribution in [1.82, 2.24) is 14.9 Å². The first-order valence-corrected chi connectivity index (χ1v) is 14.4. The molecule has 10 heteroatoms. The highest BCUT2D eigenvalue weighted by Crippen LogP contribution is 2.30. The van der Waals surface area contributed by atoms with E-state index in [1.807, 2.05) is 30.3 Å². The summed E-state index contributed by atoms with van der Waals surface area (Å²) in [7, 11) is -3.96. The van der Waals surface area contributed by atoms with Gasteiger partial charge in [-0.3, -0.25) is 9.59 Å². The molecule has 1 fully saturated rings. The monoisotopic (exact) mass is 575 g/mol. The van der Waals surface area contributed by atoms with Crippen molar-refractivity contribution in [1.29, 1.82) is 0 Å². The van der Waals surface area contributed by atoms with E-state index in [9.17, 15) is 18.0 Å². The van der Waals surface area contributed by atoms with Crippen LogP contribution in [0.1, 0.15) is 40.1 Å². The third kappa shape index (κ3) is 6.38. The van der Waals surface area contributed by atoms with Crippen LogP contribution < -0.4 is 10.6 Å². The zero-order chi connectivity index (χ0) is 24.8. The van der Waals surface area contributed by atoms with Gasteiger partial charge in [0.15, 0.2) is 0 Å². The van der Waals surface area contributed by atoms with E-state index < -0.39 is 16.1 Å². The molecule has 0 saturated carbocycles. The summed E-state index contributed by atoms with van der Waals surface area (Å²) < 4.78 is 29.9. The maximum absolute atomic E-state index is 13.8. The second kappa shape index (κ2) is 11.5. The van der Waals surface area contributed by atoms with Crippen molar-refractivity contribution in [2.45, 2.75) is 42.6 Å². The summed E-state index contributed by atoms with van der Waals surface area (Å²) in [6.07, 6.45) is 2.04. The molecule has 0 aliphatic carbocycles. The van der Waals surface area contributed by atoms with Crippen molar-refractivity contribution in [2.24, 2.45) is 0 Å². The van der Waals surface area contributed by atoms with Crippen molar-refractivity contribution in [3.05, 3.63) is 87.2 Å². The fourth-order valence-corrected chi connectivity index (χ4v) is 7.19. The number of hydrogen-bond acceptors (Lipinski definition) is 5. The van der Waals surface area contributed by atoms with Gasteiger partial charge < -0.3 is 10.6 Å². The lowest BCUT2D eigenvalue weighted by atomic mass is 10.1. The Morgan fingerprint density at radius 1 is 1.06 bits per heavy atom. The molecule has 0 radical (unpaired) electrons. The minimum absolute atomic E-state index is 0.0890. The lowest BCUT2D eigenvalue weighted by molar-refractivity contribution is -0.124. The molecule has 2 N–H and O–H groups in total. The molecule has 7 nitrogen and oxygen atoms in total. The Bertz CT molecular complexity index is 1280. The average molecular weight is 577 g/mol.